The Bertz CT molecular complexity index is 418. The first-order valence-corrected chi connectivity index (χ1v) is 4.76. The van der Waals surface area contributed by atoms with Crippen molar-refractivity contribution in [1.29, 1.82) is 0 Å². The number of benzene rings is 1. The van der Waals surface area contributed by atoms with Crippen LogP contribution < -0.4 is 5.46 Å². The van der Waals surface area contributed by atoms with Gasteiger partial charge >= 0.3 is 6.98 Å². The van der Waals surface area contributed by atoms with Crippen LogP contribution in [0.1, 0.15) is 11.1 Å². The Hall–Kier alpha value is -1.02. The minimum absolute atomic E-state index is 0.194. The lowest BCUT2D eigenvalue weighted by atomic mass is 9.78. The molecule has 0 spiro atoms. The summed E-state index contributed by atoms with van der Waals surface area (Å²) in [6, 6.07) is 2.15. The zero-order valence-corrected chi connectivity index (χ0v) is 8.99. The third-order valence-electron chi connectivity index (χ3n) is 2.18. The summed E-state index contributed by atoms with van der Waals surface area (Å²) in [4.78, 5) is 0.331. The Morgan fingerprint density at radius 2 is 2.00 bits per heavy atom. The number of hydrogen-bond donors (Lipinski definition) is 1. The summed E-state index contributed by atoms with van der Waals surface area (Å²) in [6.45, 7) is -3.28. The quantitative estimate of drug-likeness (QED) is 0.449. The van der Waals surface area contributed by atoms with Gasteiger partial charge in [-0.25, -0.2) is 0 Å². The van der Waals surface area contributed by atoms with Gasteiger partial charge in [0, 0.05) is 11.3 Å². The molecular formula is C10H9BF3S-. The predicted molar refractivity (Wildman–Crippen MR) is 59.7 cm³/mol. The highest BCUT2D eigenvalue weighted by atomic mass is 32.1. The fourth-order valence-electron chi connectivity index (χ4n) is 1.26. The average molecular weight is 229 g/mol. The van der Waals surface area contributed by atoms with Gasteiger partial charge in [0.2, 0.25) is 0 Å². The summed E-state index contributed by atoms with van der Waals surface area (Å²) in [5, 5.41) is 0. The standard InChI is InChI=1S/C10H9BF3S/c1-3-4-8-5-9(11(12,13)14)6-10(15)7(8)2/h1,5-6,15H,4H2,2H3/q-1. The molecule has 0 fully saturated rings. The molecule has 0 radical (unpaired) electrons. The molecule has 0 aromatic heterocycles. The molecule has 0 atom stereocenters. The second-order valence-corrected chi connectivity index (χ2v) is 3.76. The minimum Gasteiger partial charge on any atom is -0.445 e. The molecule has 5 heteroatoms. The lowest BCUT2D eigenvalue weighted by Gasteiger charge is -2.18. The van der Waals surface area contributed by atoms with Crippen LogP contribution in [0.2, 0.25) is 0 Å². The average Bonchev–Trinajstić information content (AvgIpc) is 2.11. The Balaban J connectivity index is 3.31. The highest BCUT2D eigenvalue weighted by molar-refractivity contribution is 7.80. The van der Waals surface area contributed by atoms with Crippen LogP contribution in [0.3, 0.4) is 0 Å². The lowest BCUT2D eigenvalue weighted by molar-refractivity contribution is 0.500. The maximum atomic E-state index is 12.5. The van der Waals surface area contributed by atoms with Crippen molar-refractivity contribution in [3.05, 3.63) is 23.3 Å². The molecule has 0 heterocycles. The van der Waals surface area contributed by atoms with Crippen LogP contribution in [-0.4, -0.2) is 6.98 Å². The highest BCUT2D eigenvalue weighted by Crippen LogP contribution is 2.20. The number of thiol groups is 1. The van der Waals surface area contributed by atoms with Crippen molar-refractivity contribution in [1.82, 2.24) is 0 Å². The van der Waals surface area contributed by atoms with Gasteiger partial charge in [-0.05, 0) is 18.1 Å². The smallest absolute Gasteiger partial charge is 0.445 e. The van der Waals surface area contributed by atoms with Crippen molar-refractivity contribution in [2.45, 2.75) is 18.2 Å². The fourth-order valence-corrected chi connectivity index (χ4v) is 1.56. The molecule has 0 saturated heterocycles. The first-order chi connectivity index (χ1) is 6.86. The molecule has 15 heavy (non-hydrogen) atoms. The van der Waals surface area contributed by atoms with E-state index in [2.05, 4.69) is 18.5 Å². The third-order valence-corrected chi connectivity index (χ3v) is 2.65. The van der Waals surface area contributed by atoms with Crippen molar-refractivity contribution in [3.63, 3.8) is 0 Å². The summed E-state index contributed by atoms with van der Waals surface area (Å²) < 4.78 is 37.5. The van der Waals surface area contributed by atoms with Gasteiger partial charge in [-0.15, -0.1) is 30.4 Å². The third kappa shape index (κ3) is 2.72. The zero-order chi connectivity index (χ0) is 11.6. The first-order valence-electron chi connectivity index (χ1n) is 4.32. The SMILES string of the molecule is C#CCc1cc([B-](F)(F)F)cc(S)c1C. The highest BCUT2D eigenvalue weighted by Gasteiger charge is 2.26. The van der Waals surface area contributed by atoms with E-state index in [4.69, 9.17) is 6.42 Å². The molecule has 0 saturated carbocycles. The molecule has 0 aliphatic carbocycles. The van der Waals surface area contributed by atoms with Gasteiger partial charge in [-0.1, -0.05) is 12.1 Å². The maximum Gasteiger partial charge on any atom is 0.509 e. The van der Waals surface area contributed by atoms with Crippen molar-refractivity contribution in [2.24, 2.45) is 0 Å². The normalized spacial score (nSPS) is 11.2. The second-order valence-electron chi connectivity index (χ2n) is 3.28. The van der Waals surface area contributed by atoms with E-state index >= 15 is 0 Å². The molecule has 0 aliphatic heterocycles. The summed E-state index contributed by atoms with van der Waals surface area (Å²) in [5.41, 5.74) is 0.579. The minimum atomic E-state index is -4.99. The van der Waals surface area contributed by atoms with Gasteiger partial charge in [-0.3, -0.25) is 0 Å². The Kier molecular flexibility index (Phi) is 3.40. The molecule has 0 unspecified atom stereocenters. The van der Waals surface area contributed by atoms with Crippen molar-refractivity contribution in [3.8, 4) is 12.3 Å². The van der Waals surface area contributed by atoms with Crippen molar-refractivity contribution >= 4 is 25.1 Å². The second kappa shape index (κ2) is 4.24. The Morgan fingerprint density at radius 3 is 2.47 bits per heavy atom. The van der Waals surface area contributed by atoms with Crippen LogP contribution in [0.4, 0.5) is 12.9 Å². The number of hydrogen-bond acceptors (Lipinski definition) is 1. The molecule has 0 aliphatic rings. The van der Waals surface area contributed by atoms with E-state index in [1.54, 1.807) is 6.92 Å². The summed E-state index contributed by atoms with van der Waals surface area (Å²) in [5.74, 6) is 2.34. The van der Waals surface area contributed by atoms with E-state index in [1.807, 2.05) is 0 Å². The molecule has 0 bridgehead atoms. The summed E-state index contributed by atoms with van der Waals surface area (Å²) in [7, 11) is 0. The van der Waals surface area contributed by atoms with Gasteiger partial charge in [0.1, 0.15) is 0 Å². The van der Waals surface area contributed by atoms with Crippen LogP contribution >= 0.6 is 12.6 Å². The van der Waals surface area contributed by atoms with Crippen LogP contribution in [0, 0.1) is 19.3 Å². The van der Waals surface area contributed by atoms with Gasteiger partial charge < -0.3 is 12.9 Å². The maximum absolute atomic E-state index is 12.5. The molecule has 1 aromatic rings. The molecular weight excluding hydrogens is 220 g/mol. The molecule has 80 valence electrons. The van der Waals surface area contributed by atoms with Crippen LogP contribution in [0.15, 0.2) is 17.0 Å². The van der Waals surface area contributed by atoms with E-state index in [9.17, 15) is 12.9 Å². The number of terminal acetylenes is 1. The molecule has 0 amide bonds. The van der Waals surface area contributed by atoms with Gasteiger partial charge in [0.25, 0.3) is 0 Å². The molecule has 0 nitrogen and oxygen atoms in total. The van der Waals surface area contributed by atoms with E-state index in [-0.39, 0.29) is 6.42 Å². The summed E-state index contributed by atoms with van der Waals surface area (Å²) >= 11 is 4.00. The monoisotopic (exact) mass is 229 g/mol. The van der Waals surface area contributed by atoms with Crippen molar-refractivity contribution < 1.29 is 12.9 Å². The molecule has 0 N–H and O–H groups in total. The lowest BCUT2D eigenvalue weighted by Crippen LogP contribution is -2.34. The Morgan fingerprint density at radius 1 is 1.40 bits per heavy atom. The van der Waals surface area contributed by atoms with E-state index < -0.39 is 12.4 Å². The van der Waals surface area contributed by atoms with Crippen LogP contribution in [0.25, 0.3) is 0 Å². The van der Waals surface area contributed by atoms with Crippen molar-refractivity contribution in [2.75, 3.05) is 0 Å². The number of rotatable bonds is 2. The van der Waals surface area contributed by atoms with E-state index in [1.165, 1.54) is 0 Å². The first kappa shape index (κ1) is 12.1. The van der Waals surface area contributed by atoms with Crippen LogP contribution in [0.5, 0.6) is 0 Å². The number of halogens is 3. The zero-order valence-electron chi connectivity index (χ0n) is 8.10. The Labute approximate surface area is 92.3 Å². The largest absolute Gasteiger partial charge is 0.509 e. The molecule has 1 rings (SSSR count). The van der Waals surface area contributed by atoms with Gasteiger partial charge in [0.15, 0.2) is 0 Å². The van der Waals surface area contributed by atoms with Gasteiger partial charge in [-0.2, -0.15) is 0 Å². The predicted octanol–water partition coefficient (Wildman–Crippen LogP) is 2.51. The van der Waals surface area contributed by atoms with E-state index in [0.29, 0.717) is 16.0 Å². The van der Waals surface area contributed by atoms with E-state index in [0.717, 1.165) is 12.1 Å². The topological polar surface area (TPSA) is 0 Å². The fraction of sp³-hybridized carbons (Fsp3) is 0.200. The van der Waals surface area contributed by atoms with Gasteiger partial charge in [0.05, 0.1) is 0 Å². The molecule has 1 aromatic carbocycles. The van der Waals surface area contributed by atoms with Crippen LogP contribution in [-0.2, 0) is 6.42 Å². The summed E-state index contributed by atoms with van der Waals surface area (Å²) in [6.07, 6.45) is 5.28.